The van der Waals surface area contributed by atoms with Crippen molar-refractivity contribution in [1.29, 1.82) is 0 Å². The highest BCUT2D eigenvalue weighted by Gasteiger charge is 2.20. The van der Waals surface area contributed by atoms with Gasteiger partial charge in [0.1, 0.15) is 11.6 Å². The standard InChI is InChI=1S/C21H22FNO4/c22-17-7-9-18(10-8-17)27-19(21(25)26)13-23-20(24)12-14-5-6-15-3-1-2-4-16(15)11-14/h5-11,19H,1-4,12-13H2,(H,23,24)(H,25,26). The number of fused-ring (bicyclic) bond motifs is 1. The molecule has 1 amide bonds. The zero-order valence-electron chi connectivity index (χ0n) is 14.9. The summed E-state index contributed by atoms with van der Waals surface area (Å²) in [6.07, 6.45) is 3.44. The average Bonchev–Trinajstić information content (AvgIpc) is 2.66. The highest BCUT2D eigenvalue weighted by Crippen LogP contribution is 2.22. The Morgan fingerprint density at radius 2 is 1.78 bits per heavy atom. The average molecular weight is 371 g/mol. The molecule has 0 radical (unpaired) electrons. The Balaban J connectivity index is 1.54. The van der Waals surface area contributed by atoms with Crippen molar-refractivity contribution in [2.45, 2.75) is 38.2 Å². The van der Waals surface area contributed by atoms with Crippen LogP contribution in [0.2, 0.25) is 0 Å². The van der Waals surface area contributed by atoms with Gasteiger partial charge in [-0.2, -0.15) is 0 Å². The number of amides is 1. The summed E-state index contributed by atoms with van der Waals surface area (Å²) in [7, 11) is 0. The Kier molecular flexibility index (Phi) is 6.06. The predicted molar refractivity (Wildman–Crippen MR) is 98.2 cm³/mol. The van der Waals surface area contributed by atoms with Crippen LogP contribution in [0.3, 0.4) is 0 Å². The molecule has 1 unspecified atom stereocenters. The number of carboxylic acids is 1. The van der Waals surface area contributed by atoms with Crippen molar-refractivity contribution < 1.29 is 23.8 Å². The van der Waals surface area contributed by atoms with E-state index in [4.69, 9.17) is 4.74 Å². The molecule has 0 bridgehead atoms. The number of halogens is 1. The molecule has 0 fully saturated rings. The number of nitrogens with one attached hydrogen (secondary N) is 1. The number of ether oxygens (including phenoxy) is 1. The van der Waals surface area contributed by atoms with E-state index in [1.54, 1.807) is 0 Å². The summed E-state index contributed by atoms with van der Waals surface area (Å²) in [6, 6.07) is 11.2. The first-order valence-corrected chi connectivity index (χ1v) is 9.03. The third kappa shape index (κ3) is 5.29. The summed E-state index contributed by atoms with van der Waals surface area (Å²) in [5, 5.41) is 11.9. The Morgan fingerprint density at radius 3 is 2.48 bits per heavy atom. The van der Waals surface area contributed by atoms with Crippen LogP contribution in [-0.4, -0.2) is 29.6 Å². The van der Waals surface area contributed by atoms with E-state index in [0.717, 1.165) is 18.4 Å². The Hall–Kier alpha value is -2.89. The smallest absolute Gasteiger partial charge is 0.346 e. The molecule has 0 heterocycles. The number of carbonyl (C=O) groups excluding carboxylic acids is 1. The topological polar surface area (TPSA) is 75.6 Å². The lowest BCUT2D eigenvalue weighted by molar-refractivity contribution is -0.145. The van der Waals surface area contributed by atoms with Gasteiger partial charge in [-0.1, -0.05) is 18.2 Å². The second kappa shape index (κ2) is 8.66. The molecule has 0 spiro atoms. The van der Waals surface area contributed by atoms with Gasteiger partial charge in [0.05, 0.1) is 13.0 Å². The minimum atomic E-state index is -1.25. The van der Waals surface area contributed by atoms with E-state index in [0.29, 0.717) is 0 Å². The monoisotopic (exact) mass is 371 g/mol. The van der Waals surface area contributed by atoms with Crippen molar-refractivity contribution in [1.82, 2.24) is 5.32 Å². The van der Waals surface area contributed by atoms with Crippen molar-refractivity contribution >= 4 is 11.9 Å². The van der Waals surface area contributed by atoms with Crippen molar-refractivity contribution in [3.8, 4) is 5.75 Å². The lowest BCUT2D eigenvalue weighted by Crippen LogP contribution is -2.40. The summed E-state index contributed by atoms with van der Waals surface area (Å²) < 4.78 is 18.2. The maximum atomic E-state index is 12.9. The van der Waals surface area contributed by atoms with Crippen LogP contribution in [0.4, 0.5) is 4.39 Å². The normalized spacial score (nSPS) is 14.1. The Morgan fingerprint density at radius 1 is 1.07 bits per heavy atom. The fourth-order valence-electron chi connectivity index (χ4n) is 3.21. The molecule has 2 aromatic rings. The van der Waals surface area contributed by atoms with Crippen LogP contribution >= 0.6 is 0 Å². The van der Waals surface area contributed by atoms with Crippen LogP contribution in [0.15, 0.2) is 42.5 Å². The summed E-state index contributed by atoms with van der Waals surface area (Å²) >= 11 is 0. The number of hydrogen-bond donors (Lipinski definition) is 2. The molecule has 1 aliphatic rings. The SMILES string of the molecule is O=C(Cc1ccc2c(c1)CCCC2)NCC(Oc1ccc(F)cc1)C(=O)O. The first-order valence-electron chi connectivity index (χ1n) is 9.03. The first kappa shape index (κ1) is 18.9. The van der Waals surface area contributed by atoms with Gasteiger partial charge < -0.3 is 15.2 Å². The van der Waals surface area contributed by atoms with Crippen LogP contribution < -0.4 is 10.1 Å². The molecule has 0 aromatic heterocycles. The largest absolute Gasteiger partial charge is 0.478 e. The number of carbonyl (C=O) groups is 2. The van der Waals surface area contributed by atoms with E-state index in [1.807, 2.05) is 6.07 Å². The molecule has 2 N–H and O–H groups in total. The molecule has 27 heavy (non-hydrogen) atoms. The molecule has 0 saturated heterocycles. The number of hydrogen-bond acceptors (Lipinski definition) is 3. The van der Waals surface area contributed by atoms with Gasteiger partial charge in [-0.3, -0.25) is 4.79 Å². The van der Waals surface area contributed by atoms with Gasteiger partial charge in [0.25, 0.3) is 0 Å². The molecule has 1 atom stereocenters. The molecule has 0 aliphatic heterocycles. The molecular weight excluding hydrogens is 349 g/mol. The summed E-state index contributed by atoms with van der Waals surface area (Å²) in [6.45, 7) is -0.170. The van der Waals surface area contributed by atoms with E-state index >= 15 is 0 Å². The number of rotatable bonds is 7. The minimum Gasteiger partial charge on any atom is -0.478 e. The van der Waals surface area contributed by atoms with Crippen molar-refractivity contribution in [2.75, 3.05) is 6.54 Å². The van der Waals surface area contributed by atoms with Gasteiger partial charge in [-0.25, -0.2) is 9.18 Å². The fourth-order valence-corrected chi connectivity index (χ4v) is 3.21. The minimum absolute atomic E-state index is 0.170. The highest BCUT2D eigenvalue weighted by molar-refractivity contribution is 5.80. The number of carboxylic acid groups (broad SMARTS) is 1. The van der Waals surface area contributed by atoms with Crippen molar-refractivity contribution in [2.24, 2.45) is 0 Å². The number of aryl methyl sites for hydroxylation is 2. The van der Waals surface area contributed by atoms with E-state index in [-0.39, 0.29) is 24.6 Å². The van der Waals surface area contributed by atoms with Crippen LogP contribution in [0, 0.1) is 5.82 Å². The third-order valence-electron chi connectivity index (χ3n) is 4.63. The van der Waals surface area contributed by atoms with E-state index in [9.17, 15) is 19.1 Å². The molecule has 2 aromatic carbocycles. The summed E-state index contributed by atoms with van der Waals surface area (Å²) in [4.78, 5) is 23.5. The van der Waals surface area contributed by atoms with Gasteiger partial charge >= 0.3 is 5.97 Å². The van der Waals surface area contributed by atoms with E-state index in [2.05, 4.69) is 17.4 Å². The Labute approximate surface area is 157 Å². The highest BCUT2D eigenvalue weighted by atomic mass is 19.1. The Bertz CT molecular complexity index is 819. The van der Waals surface area contributed by atoms with E-state index < -0.39 is 17.9 Å². The molecule has 5 nitrogen and oxygen atoms in total. The lowest BCUT2D eigenvalue weighted by Gasteiger charge is -2.17. The molecule has 142 valence electrons. The summed E-state index contributed by atoms with van der Waals surface area (Å²) in [5.41, 5.74) is 3.57. The van der Waals surface area contributed by atoms with Gasteiger partial charge in [0.15, 0.2) is 0 Å². The molecule has 6 heteroatoms. The maximum absolute atomic E-state index is 12.9. The first-order chi connectivity index (χ1) is 13.0. The van der Waals surface area contributed by atoms with Gasteiger partial charge in [0, 0.05) is 0 Å². The van der Waals surface area contributed by atoms with Gasteiger partial charge in [0.2, 0.25) is 12.0 Å². The molecule has 0 saturated carbocycles. The zero-order chi connectivity index (χ0) is 19.2. The van der Waals surface area contributed by atoms with Gasteiger partial charge in [-0.05, 0) is 66.6 Å². The zero-order valence-corrected chi connectivity index (χ0v) is 14.9. The van der Waals surface area contributed by atoms with E-state index in [1.165, 1.54) is 48.2 Å². The van der Waals surface area contributed by atoms with Crippen molar-refractivity contribution in [3.05, 3.63) is 65.0 Å². The third-order valence-corrected chi connectivity index (χ3v) is 4.63. The van der Waals surface area contributed by atoms with Crippen LogP contribution in [0.1, 0.15) is 29.5 Å². The second-order valence-electron chi connectivity index (χ2n) is 6.69. The maximum Gasteiger partial charge on any atom is 0.346 e. The lowest BCUT2D eigenvalue weighted by atomic mass is 9.90. The van der Waals surface area contributed by atoms with Gasteiger partial charge in [-0.15, -0.1) is 0 Å². The van der Waals surface area contributed by atoms with Crippen LogP contribution in [0.25, 0.3) is 0 Å². The summed E-state index contributed by atoms with van der Waals surface area (Å²) in [5.74, 6) is -1.67. The van der Waals surface area contributed by atoms with Crippen molar-refractivity contribution in [3.63, 3.8) is 0 Å². The molecule has 1 aliphatic carbocycles. The fraction of sp³-hybridized carbons (Fsp3) is 0.333. The predicted octanol–water partition coefficient (Wildman–Crippen LogP) is 2.90. The number of aliphatic carboxylic acids is 1. The second-order valence-corrected chi connectivity index (χ2v) is 6.69. The van der Waals surface area contributed by atoms with Crippen LogP contribution in [-0.2, 0) is 28.9 Å². The molecular formula is C21H22FNO4. The quantitative estimate of drug-likeness (QED) is 0.785. The van der Waals surface area contributed by atoms with Crippen LogP contribution in [0.5, 0.6) is 5.75 Å². The number of benzene rings is 2. The molecule has 3 rings (SSSR count).